The Morgan fingerprint density at radius 1 is 1.20 bits per heavy atom. The lowest BCUT2D eigenvalue weighted by Crippen LogP contribution is -2.57. The number of ether oxygens (including phenoxy) is 2. The van der Waals surface area contributed by atoms with Gasteiger partial charge in [-0.1, -0.05) is 12.1 Å². The van der Waals surface area contributed by atoms with E-state index >= 15 is 0 Å². The van der Waals surface area contributed by atoms with Gasteiger partial charge in [0, 0.05) is 37.9 Å². The molecule has 2 atom stereocenters. The summed E-state index contributed by atoms with van der Waals surface area (Å²) in [6, 6.07) is 11.9. The number of hydrogen-bond donors (Lipinski definition) is 2. The first-order valence-electron chi connectivity index (χ1n) is 11.5. The zero-order chi connectivity index (χ0) is 25.1. The molecule has 0 aromatic heterocycles. The quantitative estimate of drug-likeness (QED) is 0.587. The highest BCUT2D eigenvalue weighted by Crippen LogP contribution is 2.27. The molecule has 2 heterocycles. The van der Waals surface area contributed by atoms with Crippen molar-refractivity contribution in [2.75, 3.05) is 51.3 Å². The summed E-state index contributed by atoms with van der Waals surface area (Å²) in [6.45, 7) is 3.70. The number of benzene rings is 2. The average molecular weight is 508 g/mol. The normalized spacial score (nSPS) is 24.1. The Bertz CT molecular complexity index is 1150. The van der Waals surface area contributed by atoms with Crippen LogP contribution in [0.1, 0.15) is 13.3 Å². The monoisotopic (exact) mass is 507 g/mol. The van der Waals surface area contributed by atoms with Crippen LogP contribution in [0.15, 0.2) is 53.4 Å². The summed E-state index contributed by atoms with van der Waals surface area (Å²) in [6.07, 6.45) is -0.291. The van der Waals surface area contributed by atoms with Crippen molar-refractivity contribution in [2.45, 2.75) is 29.9 Å². The third-order valence-electron chi connectivity index (χ3n) is 6.22. The van der Waals surface area contributed by atoms with Crippen molar-refractivity contribution in [3.8, 4) is 5.75 Å². The molecule has 190 valence electrons. The minimum Gasteiger partial charge on any atom is -0.486 e. The van der Waals surface area contributed by atoms with E-state index in [4.69, 9.17) is 9.47 Å². The molecule has 2 aliphatic heterocycles. The van der Waals surface area contributed by atoms with Gasteiger partial charge in [-0.2, -0.15) is 4.31 Å². The first-order chi connectivity index (χ1) is 16.6. The second-order valence-electron chi connectivity index (χ2n) is 9.00. The molecule has 2 saturated heterocycles. The Balaban J connectivity index is 1.38. The largest absolute Gasteiger partial charge is 0.486 e. The van der Waals surface area contributed by atoms with Crippen LogP contribution in [0.3, 0.4) is 0 Å². The summed E-state index contributed by atoms with van der Waals surface area (Å²) in [5.41, 5.74) is -0.762. The highest BCUT2D eigenvalue weighted by atomic mass is 32.2. The second-order valence-corrected chi connectivity index (χ2v) is 10.9. The van der Waals surface area contributed by atoms with E-state index in [0.29, 0.717) is 37.6 Å². The number of carbonyl (C=O) groups excluding carboxylic acids is 1. The van der Waals surface area contributed by atoms with E-state index in [1.807, 2.05) is 4.90 Å². The first-order valence-corrected chi connectivity index (χ1v) is 12.9. The minimum absolute atomic E-state index is 0.0273. The topological polar surface area (TPSA) is 108 Å². The number of anilines is 1. The molecule has 0 radical (unpaired) electrons. The molecule has 2 fully saturated rings. The molecule has 9 nitrogen and oxygen atoms in total. The molecule has 4 rings (SSSR count). The summed E-state index contributed by atoms with van der Waals surface area (Å²) in [7, 11) is -3.68. The van der Waals surface area contributed by atoms with Gasteiger partial charge in [-0.15, -0.1) is 0 Å². The maximum atomic E-state index is 13.5. The lowest BCUT2D eigenvalue weighted by atomic mass is 9.90. The van der Waals surface area contributed by atoms with Gasteiger partial charge in [-0.05, 0) is 43.7 Å². The zero-order valence-corrected chi connectivity index (χ0v) is 20.3. The summed E-state index contributed by atoms with van der Waals surface area (Å²) < 4.78 is 51.8. The molecule has 0 unspecified atom stereocenters. The van der Waals surface area contributed by atoms with Gasteiger partial charge >= 0.3 is 0 Å². The van der Waals surface area contributed by atoms with Crippen molar-refractivity contribution >= 4 is 21.6 Å². The van der Waals surface area contributed by atoms with Gasteiger partial charge in [0.05, 0.1) is 24.7 Å². The number of halogens is 1. The number of aliphatic hydroxyl groups is 1. The summed E-state index contributed by atoms with van der Waals surface area (Å²) in [5, 5.41) is 13.5. The van der Waals surface area contributed by atoms with Gasteiger partial charge in [0.1, 0.15) is 23.3 Å². The van der Waals surface area contributed by atoms with Crippen LogP contribution in [0.2, 0.25) is 0 Å². The number of sulfonamides is 1. The van der Waals surface area contributed by atoms with Crippen LogP contribution >= 0.6 is 0 Å². The molecule has 2 aromatic carbocycles. The predicted octanol–water partition coefficient (Wildman–Crippen LogP) is 1.69. The van der Waals surface area contributed by atoms with E-state index in [0.717, 1.165) is 0 Å². The molecule has 1 amide bonds. The number of carbonyl (C=O) groups is 1. The predicted molar refractivity (Wildman–Crippen MR) is 127 cm³/mol. The van der Waals surface area contributed by atoms with Crippen molar-refractivity contribution in [3.63, 3.8) is 0 Å². The molecule has 11 heteroatoms. The van der Waals surface area contributed by atoms with E-state index in [1.54, 1.807) is 25.1 Å². The number of hydrogen-bond acceptors (Lipinski definition) is 7. The van der Waals surface area contributed by atoms with Crippen molar-refractivity contribution in [3.05, 3.63) is 54.3 Å². The van der Waals surface area contributed by atoms with Crippen molar-refractivity contribution < 1.29 is 32.2 Å². The van der Waals surface area contributed by atoms with Crippen LogP contribution in [0, 0.1) is 5.82 Å². The molecular weight excluding hydrogens is 477 g/mol. The maximum absolute atomic E-state index is 13.5. The van der Waals surface area contributed by atoms with E-state index in [-0.39, 0.29) is 37.0 Å². The Morgan fingerprint density at radius 3 is 2.69 bits per heavy atom. The maximum Gasteiger partial charge on any atom is 0.243 e. The highest BCUT2D eigenvalue weighted by Gasteiger charge is 2.40. The van der Waals surface area contributed by atoms with Gasteiger partial charge in [-0.25, -0.2) is 12.8 Å². The van der Waals surface area contributed by atoms with E-state index in [1.165, 1.54) is 34.6 Å². The lowest BCUT2D eigenvalue weighted by molar-refractivity contribution is -0.122. The Hall–Kier alpha value is -2.57. The van der Waals surface area contributed by atoms with Crippen LogP contribution in [0.5, 0.6) is 5.75 Å². The minimum atomic E-state index is -3.68. The van der Waals surface area contributed by atoms with Crippen LogP contribution < -0.4 is 10.1 Å². The van der Waals surface area contributed by atoms with Gasteiger partial charge < -0.3 is 19.9 Å². The van der Waals surface area contributed by atoms with Crippen LogP contribution in [0.4, 0.5) is 10.1 Å². The Labute approximate surface area is 204 Å². The fourth-order valence-electron chi connectivity index (χ4n) is 4.15. The van der Waals surface area contributed by atoms with Crippen molar-refractivity contribution in [1.29, 1.82) is 0 Å². The van der Waals surface area contributed by atoms with Gasteiger partial charge in [0.25, 0.3) is 0 Å². The average Bonchev–Trinajstić information content (AvgIpc) is 2.82. The molecule has 0 spiro atoms. The van der Waals surface area contributed by atoms with E-state index < -0.39 is 27.5 Å². The van der Waals surface area contributed by atoms with Crippen molar-refractivity contribution in [1.82, 2.24) is 9.21 Å². The molecule has 0 saturated carbocycles. The molecule has 2 aromatic rings. The number of rotatable bonds is 7. The van der Waals surface area contributed by atoms with Crippen molar-refractivity contribution in [2.24, 2.45) is 0 Å². The fourth-order valence-corrected chi connectivity index (χ4v) is 5.61. The Morgan fingerprint density at radius 2 is 1.94 bits per heavy atom. The second kappa shape index (κ2) is 10.6. The van der Waals surface area contributed by atoms with Gasteiger partial charge in [-0.3, -0.25) is 9.69 Å². The number of morpholine rings is 1. The van der Waals surface area contributed by atoms with E-state index in [2.05, 4.69) is 5.32 Å². The smallest absolute Gasteiger partial charge is 0.243 e. The lowest BCUT2D eigenvalue weighted by Gasteiger charge is -2.42. The molecule has 0 bridgehead atoms. The van der Waals surface area contributed by atoms with E-state index in [9.17, 15) is 22.7 Å². The SMILES string of the molecule is C[C@]1(O)CCN(CC(=O)Nc2cccc(S(=O)(=O)N3CCOCC3)c2)C[C@@H]1Oc1cccc(F)c1. The standard InChI is InChI=1S/C24H30FN3O6S/c1-24(30)8-9-27(16-22(24)34-20-6-2-4-18(25)14-20)17-23(29)26-19-5-3-7-21(15-19)35(31,32)28-10-12-33-13-11-28/h2-7,14-15,22,30H,8-13,16-17H2,1H3,(H,26,29)/t22-,24-/m0/s1. The zero-order valence-electron chi connectivity index (χ0n) is 19.5. The number of piperidine rings is 1. The number of nitrogens with one attached hydrogen (secondary N) is 1. The Kier molecular flexibility index (Phi) is 7.72. The first kappa shape index (κ1) is 25.5. The van der Waals surface area contributed by atoms with Crippen LogP contribution in [0.25, 0.3) is 0 Å². The van der Waals surface area contributed by atoms with Crippen LogP contribution in [-0.4, -0.2) is 86.3 Å². The molecule has 2 aliphatic rings. The third-order valence-corrected chi connectivity index (χ3v) is 8.11. The number of likely N-dealkylation sites (tertiary alicyclic amines) is 1. The fraction of sp³-hybridized carbons (Fsp3) is 0.458. The summed E-state index contributed by atoms with van der Waals surface area (Å²) in [4.78, 5) is 14.7. The third kappa shape index (κ3) is 6.36. The number of amides is 1. The molecule has 2 N–H and O–H groups in total. The highest BCUT2D eigenvalue weighted by molar-refractivity contribution is 7.89. The van der Waals surface area contributed by atoms with Gasteiger partial charge in [0.15, 0.2) is 0 Å². The molecular formula is C24H30FN3O6S. The van der Waals surface area contributed by atoms with Gasteiger partial charge in [0.2, 0.25) is 15.9 Å². The summed E-state index contributed by atoms with van der Waals surface area (Å²) in [5.74, 6) is -0.455. The number of nitrogens with zero attached hydrogens (tertiary/aromatic N) is 2. The molecule has 0 aliphatic carbocycles. The molecule has 35 heavy (non-hydrogen) atoms. The van der Waals surface area contributed by atoms with Crippen LogP contribution in [-0.2, 0) is 19.6 Å². The summed E-state index contributed by atoms with van der Waals surface area (Å²) >= 11 is 0.